The Hall–Kier alpha value is -1.95. The maximum atomic E-state index is 11.5. The first-order chi connectivity index (χ1) is 10.2. The van der Waals surface area contributed by atoms with Gasteiger partial charge in [-0.15, -0.1) is 11.8 Å². The van der Waals surface area contributed by atoms with Crippen LogP contribution >= 0.6 is 11.8 Å². The Labute approximate surface area is 128 Å². The molecular formula is C15H19N3O2S. The van der Waals surface area contributed by atoms with Crippen LogP contribution in [0.4, 0.5) is 5.69 Å². The van der Waals surface area contributed by atoms with E-state index in [0.29, 0.717) is 17.8 Å². The van der Waals surface area contributed by atoms with Crippen molar-refractivity contribution < 1.29 is 9.90 Å². The van der Waals surface area contributed by atoms with Gasteiger partial charge in [-0.05, 0) is 30.4 Å². The van der Waals surface area contributed by atoms with Crippen molar-refractivity contribution in [3.05, 3.63) is 42.2 Å². The summed E-state index contributed by atoms with van der Waals surface area (Å²) < 4.78 is 1.86. The van der Waals surface area contributed by atoms with Crippen molar-refractivity contribution in [3.8, 4) is 0 Å². The van der Waals surface area contributed by atoms with Gasteiger partial charge in [0.2, 0.25) is 0 Å². The molecule has 5 nitrogen and oxygen atoms in total. The fraction of sp³-hybridized carbons (Fsp3) is 0.333. The topological polar surface area (TPSA) is 67.2 Å². The quantitative estimate of drug-likeness (QED) is 0.579. The second-order valence-electron chi connectivity index (χ2n) is 4.47. The lowest BCUT2D eigenvalue weighted by atomic mass is 10.1. The van der Waals surface area contributed by atoms with E-state index in [9.17, 15) is 9.90 Å². The predicted octanol–water partition coefficient (Wildman–Crippen LogP) is 3.20. The van der Waals surface area contributed by atoms with E-state index >= 15 is 0 Å². The van der Waals surface area contributed by atoms with Crippen LogP contribution in [0.3, 0.4) is 0 Å². The highest BCUT2D eigenvalue weighted by molar-refractivity contribution is 7.99. The molecule has 0 saturated carbocycles. The first kappa shape index (κ1) is 15.4. The first-order valence-electron chi connectivity index (χ1n) is 6.92. The van der Waals surface area contributed by atoms with Gasteiger partial charge in [0.1, 0.15) is 0 Å². The molecule has 2 N–H and O–H groups in total. The number of carboxylic acid groups (broad SMARTS) is 1. The highest BCUT2D eigenvalue weighted by Crippen LogP contribution is 2.28. The molecule has 0 fully saturated rings. The van der Waals surface area contributed by atoms with Crippen LogP contribution in [0.15, 0.2) is 41.6 Å². The molecule has 0 aliphatic heterocycles. The van der Waals surface area contributed by atoms with Gasteiger partial charge in [-0.1, -0.05) is 13.0 Å². The van der Waals surface area contributed by atoms with E-state index in [1.165, 1.54) is 0 Å². The Morgan fingerprint density at radius 1 is 1.43 bits per heavy atom. The third-order valence-electron chi connectivity index (χ3n) is 2.98. The summed E-state index contributed by atoms with van der Waals surface area (Å²) in [6, 6.07) is 7.45. The largest absolute Gasteiger partial charge is 0.478 e. The van der Waals surface area contributed by atoms with Crippen LogP contribution in [-0.2, 0) is 6.54 Å². The minimum absolute atomic E-state index is 0.364. The smallest absolute Gasteiger partial charge is 0.338 e. The zero-order valence-corrected chi connectivity index (χ0v) is 12.8. The number of rotatable bonds is 8. The van der Waals surface area contributed by atoms with Crippen LogP contribution in [0, 0.1) is 0 Å². The average Bonchev–Trinajstić information content (AvgIpc) is 2.97. The molecule has 0 aliphatic carbocycles. The molecule has 2 aromatic rings. The van der Waals surface area contributed by atoms with Crippen LogP contribution in [0.25, 0.3) is 0 Å². The van der Waals surface area contributed by atoms with Gasteiger partial charge in [0.15, 0.2) is 0 Å². The molecule has 0 aliphatic rings. The molecule has 0 saturated heterocycles. The molecule has 1 aromatic heterocycles. The SMILES string of the molecule is CCSc1cccc(NCCCn2cccn2)c1C(=O)O. The summed E-state index contributed by atoms with van der Waals surface area (Å²) in [5, 5.41) is 16.8. The summed E-state index contributed by atoms with van der Waals surface area (Å²) in [5.41, 5.74) is 1.05. The summed E-state index contributed by atoms with van der Waals surface area (Å²) >= 11 is 1.55. The van der Waals surface area contributed by atoms with Crippen molar-refractivity contribution in [2.75, 3.05) is 17.6 Å². The van der Waals surface area contributed by atoms with E-state index < -0.39 is 5.97 Å². The van der Waals surface area contributed by atoms with Gasteiger partial charge in [0, 0.05) is 36.1 Å². The first-order valence-corrected chi connectivity index (χ1v) is 7.91. The number of thioether (sulfide) groups is 1. The van der Waals surface area contributed by atoms with E-state index in [1.54, 1.807) is 18.0 Å². The van der Waals surface area contributed by atoms with Crippen LogP contribution in [0.2, 0.25) is 0 Å². The number of carbonyl (C=O) groups is 1. The molecule has 2 rings (SSSR count). The number of nitrogens with one attached hydrogen (secondary N) is 1. The third-order valence-corrected chi connectivity index (χ3v) is 3.92. The lowest BCUT2D eigenvalue weighted by molar-refractivity contribution is 0.0694. The molecule has 0 unspecified atom stereocenters. The molecule has 1 aromatic carbocycles. The number of benzene rings is 1. The second kappa shape index (κ2) is 7.73. The van der Waals surface area contributed by atoms with Gasteiger partial charge in [-0.2, -0.15) is 5.10 Å². The van der Waals surface area contributed by atoms with E-state index in [4.69, 9.17) is 0 Å². The minimum atomic E-state index is -0.888. The molecule has 21 heavy (non-hydrogen) atoms. The Morgan fingerprint density at radius 2 is 2.29 bits per heavy atom. The van der Waals surface area contributed by atoms with Crippen molar-refractivity contribution in [2.45, 2.75) is 24.8 Å². The van der Waals surface area contributed by atoms with Crippen molar-refractivity contribution in [1.29, 1.82) is 0 Å². The predicted molar refractivity (Wildman–Crippen MR) is 85.1 cm³/mol. The molecule has 1 heterocycles. The molecule has 0 radical (unpaired) electrons. The van der Waals surface area contributed by atoms with E-state index in [0.717, 1.165) is 23.6 Å². The Morgan fingerprint density at radius 3 is 2.95 bits per heavy atom. The number of anilines is 1. The average molecular weight is 305 g/mol. The zero-order chi connectivity index (χ0) is 15.1. The second-order valence-corrected chi connectivity index (χ2v) is 5.77. The van der Waals surface area contributed by atoms with Crippen LogP contribution < -0.4 is 5.32 Å². The van der Waals surface area contributed by atoms with Crippen molar-refractivity contribution in [1.82, 2.24) is 9.78 Å². The molecular weight excluding hydrogens is 286 g/mol. The maximum absolute atomic E-state index is 11.5. The monoisotopic (exact) mass is 305 g/mol. The van der Waals surface area contributed by atoms with Crippen molar-refractivity contribution in [3.63, 3.8) is 0 Å². The Kier molecular flexibility index (Phi) is 5.68. The molecule has 0 atom stereocenters. The van der Waals surface area contributed by atoms with E-state index in [-0.39, 0.29) is 0 Å². The molecule has 6 heteroatoms. The molecule has 0 amide bonds. The fourth-order valence-electron chi connectivity index (χ4n) is 2.07. The van der Waals surface area contributed by atoms with Gasteiger partial charge in [0.25, 0.3) is 0 Å². The maximum Gasteiger partial charge on any atom is 0.338 e. The molecule has 0 bridgehead atoms. The Balaban J connectivity index is 1.98. The summed E-state index contributed by atoms with van der Waals surface area (Å²) in [4.78, 5) is 12.3. The van der Waals surface area contributed by atoms with Crippen LogP contribution in [0.5, 0.6) is 0 Å². The number of hydrogen-bond acceptors (Lipinski definition) is 4. The standard InChI is InChI=1S/C15H19N3O2S/c1-2-21-13-7-3-6-12(14(13)15(19)20)16-8-4-10-18-11-5-9-17-18/h3,5-7,9,11,16H,2,4,8,10H2,1H3,(H,19,20). The van der Waals surface area contributed by atoms with Crippen molar-refractivity contribution >= 4 is 23.4 Å². The summed E-state index contributed by atoms with van der Waals surface area (Å²) in [7, 11) is 0. The van der Waals surface area contributed by atoms with E-state index in [1.807, 2.05) is 42.1 Å². The molecule has 0 spiro atoms. The fourth-order valence-corrected chi connectivity index (χ4v) is 2.90. The van der Waals surface area contributed by atoms with Gasteiger partial charge >= 0.3 is 5.97 Å². The lowest BCUT2D eigenvalue weighted by Crippen LogP contribution is -2.11. The van der Waals surface area contributed by atoms with Gasteiger partial charge < -0.3 is 10.4 Å². The summed E-state index contributed by atoms with van der Waals surface area (Å²) in [6.45, 7) is 3.53. The number of aromatic carboxylic acids is 1. The summed E-state index contributed by atoms with van der Waals surface area (Å²) in [5.74, 6) is -0.0376. The van der Waals surface area contributed by atoms with Gasteiger partial charge in [-0.3, -0.25) is 4.68 Å². The van der Waals surface area contributed by atoms with Gasteiger partial charge in [0.05, 0.1) is 5.56 Å². The molecule has 112 valence electrons. The Bertz CT molecular complexity index is 585. The van der Waals surface area contributed by atoms with Gasteiger partial charge in [-0.25, -0.2) is 4.79 Å². The normalized spacial score (nSPS) is 10.5. The number of nitrogens with zero attached hydrogens (tertiary/aromatic N) is 2. The third kappa shape index (κ3) is 4.26. The highest BCUT2D eigenvalue weighted by atomic mass is 32.2. The van der Waals surface area contributed by atoms with Crippen LogP contribution in [-0.4, -0.2) is 33.2 Å². The van der Waals surface area contributed by atoms with E-state index in [2.05, 4.69) is 10.4 Å². The number of carboxylic acids is 1. The van der Waals surface area contributed by atoms with Crippen LogP contribution in [0.1, 0.15) is 23.7 Å². The highest BCUT2D eigenvalue weighted by Gasteiger charge is 2.15. The number of hydrogen-bond donors (Lipinski definition) is 2. The minimum Gasteiger partial charge on any atom is -0.478 e. The number of aromatic nitrogens is 2. The zero-order valence-electron chi connectivity index (χ0n) is 12.0. The van der Waals surface area contributed by atoms with Crippen molar-refractivity contribution in [2.24, 2.45) is 0 Å². The summed E-state index contributed by atoms with van der Waals surface area (Å²) in [6.07, 6.45) is 4.55. The number of aryl methyl sites for hydroxylation is 1. The lowest BCUT2D eigenvalue weighted by Gasteiger charge is -2.12.